The van der Waals surface area contributed by atoms with Crippen LogP contribution in [0.25, 0.3) is 0 Å². The number of rotatable bonds is 8. The lowest BCUT2D eigenvalue weighted by molar-refractivity contribution is -0.140. The van der Waals surface area contributed by atoms with Gasteiger partial charge in [-0.25, -0.2) is 0 Å². The minimum atomic E-state index is -0.531. The second-order valence-electron chi connectivity index (χ2n) is 6.21. The van der Waals surface area contributed by atoms with Crippen LogP contribution in [-0.2, 0) is 22.6 Å². The van der Waals surface area contributed by atoms with Gasteiger partial charge >= 0.3 is 0 Å². The predicted octanol–water partition coefficient (Wildman–Crippen LogP) is 3.44. The number of ether oxygens (including phenoxy) is 1. The van der Waals surface area contributed by atoms with Crippen molar-refractivity contribution in [3.8, 4) is 5.75 Å². The molecule has 0 saturated carbocycles. The normalized spacial score (nSPS) is 11.6. The summed E-state index contributed by atoms with van der Waals surface area (Å²) in [5, 5.41) is 3.28. The van der Waals surface area contributed by atoms with Crippen LogP contribution in [0.15, 0.2) is 48.5 Å². The molecule has 0 aliphatic carbocycles. The Kier molecular flexibility index (Phi) is 7.67. The molecule has 0 heterocycles. The Morgan fingerprint density at radius 1 is 1.07 bits per heavy atom. The fraction of sp³-hybridized carbons (Fsp3) is 0.333. The molecular formula is C21H25ClN2O3. The molecule has 0 unspecified atom stereocenters. The summed E-state index contributed by atoms with van der Waals surface area (Å²) in [5.41, 5.74) is 1.79. The molecule has 0 aliphatic heterocycles. The van der Waals surface area contributed by atoms with E-state index >= 15 is 0 Å². The van der Waals surface area contributed by atoms with E-state index in [0.29, 0.717) is 18.0 Å². The summed E-state index contributed by atoms with van der Waals surface area (Å²) in [6, 6.07) is 14.1. The Morgan fingerprint density at radius 3 is 2.19 bits per heavy atom. The Morgan fingerprint density at radius 2 is 1.67 bits per heavy atom. The van der Waals surface area contributed by atoms with Gasteiger partial charge in [0.05, 0.1) is 13.5 Å². The van der Waals surface area contributed by atoms with Crippen molar-refractivity contribution in [1.82, 2.24) is 10.2 Å². The summed E-state index contributed by atoms with van der Waals surface area (Å²) < 4.78 is 5.18. The van der Waals surface area contributed by atoms with Crippen LogP contribution < -0.4 is 10.1 Å². The minimum absolute atomic E-state index is 0.108. The maximum Gasteiger partial charge on any atom is 0.242 e. The Balaban J connectivity index is 2.25. The fourth-order valence-electron chi connectivity index (χ4n) is 2.89. The first-order valence-corrected chi connectivity index (χ1v) is 9.24. The number of hydrogen-bond donors (Lipinski definition) is 1. The second kappa shape index (κ2) is 9.97. The van der Waals surface area contributed by atoms with Crippen molar-refractivity contribution >= 4 is 23.4 Å². The van der Waals surface area contributed by atoms with Gasteiger partial charge < -0.3 is 15.0 Å². The molecule has 2 rings (SSSR count). The van der Waals surface area contributed by atoms with Crippen molar-refractivity contribution in [3.63, 3.8) is 0 Å². The fourth-order valence-corrected chi connectivity index (χ4v) is 3.02. The number of carbonyl (C=O) groups excluding carboxylic acids is 2. The highest BCUT2D eigenvalue weighted by Crippen LogP contribution is 2.18. The maximum atomic E-state index is 13.0. The van der Waals surface area contributed by atoms with E-state index in [9.17, 15) is 9.59 Å². The molecule has 1 N–H and O–H groups in total. The van der Waals surface area contributed by atoms with E-state index in [0.717, 1.165) is 16.9 Å². The summed E-state index contributed by atoms with van der Waals surface area (Å²) in [5.74, 6) is 0.468. The number of nitrogens with one attached hydrogen (secondary N) is 1. The van der Waals surface area contributed by atoms with E-state index in [1.165, 1.54) is 0 Å². The largest absolute Gasteiger partial charge is 0.497 e. The third-order valence-corrected chi connectivity index (χ3v) is 4.66. The molecule has 0 aliphatic rings. The summed E-state index contributed by atoms with van der Waals surface area (Å²) in [6.45, 7) is 2.25. The molecule has 2 aromatic rings. The van der Waals surface area contributed by atoms with Crippen LogP contribution in [0.1, 0.15) is 24.5 Å². The van der Waals surface area contributed by atoms with Gasteiger partial charge in [0.15, 0.2) is 0 Å². The first kappa shape index (κ1) is 20.8. The van der Waals surface area contributed by atoms with E-state index < -0.39 is 6.04 Å². The Hall–Kier alpha value is -2.53. The zero-order valence-corrected chi connectivity index (χ0v) is 16.6. The number of carbonyl (C=O) groups is 2. The van der Waals surface area contributed by atoms with Crippen molar-refractivity contribution in [1.29, 1.82) is 0 Å². The van der Waals surface area contributed by atoms with Gasteiger partial charge in [0.1, 0.15) is 11.8 Å². The van der Waals surface area contributed by atoms with Crippen molar-refractivity contribution in [2.24, 2.45) is 0 Å². The molecule has 1 atom stereocenters. The molecule has 0 saturated heterocycles. The van der Waals surface area contributed by atoms with Crippen LogP contribution in [0.3, 0.4) is 0 Å². The lowest BCUT2D eigenvalue weighted by Gasteiger charge is -2.30. The van der Waals surface area contributed by atoms with Crippen molar-refractivity contribution in [2.75, 3.05) is 14.2 Å². The van der Waals surface area contributed by atoms with E-state index in [4.69, 9.17) is 16.3 Å². The topological polar surface area (TPSA) is 58.6 Å². The zero-order chi connectivity index (χ0) is 19.8. The summed E-state index contributed by atoms with van der Waals surface area (Å²) >= 11 is 5.92. The average Bonchev–Trinajstić information content (AvgIpc) is 2.69. The van der Waals surface area contributed by atoms with Crippen molar-refractivity contribution in [2.45, 2.75) is 32.4 Å². The summed E-state index contributed by atoms with van der Waals surface area (Å²) in [4.78, 5) is 27.0. The van der Waals surface area contributed by atoms with E-state index in [1.807, 2.05) is 43.3 Å². The molecule has 0 radical (unpaired) electrons. The number of benzene rings is 2. The van der Waals surface area contributed by atoms with Crippen LogP contribution in [0.4, 0.5) is 0 Å². The quantitative estimate of drug-likeness (QED) is 0.753. The van der Waals surface area contributed by atoms with Crippen LogP contribution >= 0.6 is 11.6 Å². The lowest BCUT2D eigenvalue weighted by atomic mass is 10.1. The minimum Gasteiger partial charge on any atom is -0.497 e. The summed E-state index contributed by atoms with van der Waals surface area (Å²) in [7, 11) is 3.19. The molecule has 5 nitrogen and oxygen atoms in total. The number of likely N-dealkylation sites (N-methyl/N-ethyl adjacent to an activating group) is 1. The van der Waals surface area contributed by atoms with Crippen molar-refractivity contribution < 1.29 is 14.3 Å². The van der Waals surface area contributed by atoms with Crippen LogP contribution in [0.5, 0.6) is 5.75 Å². The van der Waals surface area contributed by atoms with E-state index in [1.54, 1.807) is 31.2 Å². The summed E-state index contributed by atoms with van der Waals surface area (Å²) in [6.07, 6.45) is 0.739. The third kappa shape index (κ3) is 5.73. The molecule has 0 bridgehead atoms. The lowest BCUT2D eigenvalue weighted by Crippen LogP contribution is -2.48. The molecule has 2 aromatic carbocycles. The molecule has 0 aromatic heterocycles. The van der Waals surface area contributed by atoms with Gasteiger partial charge in [-0.05, 0) is 41.8 Å². The van der Waals surface area contributed by atoms with Gasteiger partial charge in [0.25, 0.3) is 0 Å². The molecule has 0 spiro atoms. The highest BCUT2D eigenvalue weighted by molar-refractivity contribution is 6.30. The highest BCUT2D eigenvalue weighted by Gasteiger charge is 2.27. The molecule has 144 valence electrons. The van der Waals surface area contributed by atoms with Crippen LogP contribution in [-0.4, -0.2) is 36.9 Å². The second-order valence-corrected chi connectivity index (χ2v) is 6.65. The standard InChI is InChI=1S/C21H25ClN2O3/c1-4-19(21(26)23-2)24(14-16-7-11-18(27-3)12-8-16)20(25)13-15-5-9-17(22)10-6-15/h5-12,19H,4,13-14H2,1-3H3,(H,23,26)/t19-/m0/s1. The molecular weight excluding hydrogens is 364 g/mol. The van der Waals surface area contributed by atoms with Gasteiger partial charge in [-0.1, -0.05) is 42.8 Å². The van der Waals surface area contributed by atoms with Gasteiger partial charge in [-0.2, -0.15) is 0 Å². The maximum absolute atomic E-state index is 13.0. The zero-order valence-electron chi connectivity index (χ0n) is 15.9. The third-order valence-electron chi connectivity index (χ3n) is 4.41. The number of halogens is 1. The molecule has 27 heavy (non-hydrogen) atoms. The molecule has 6 heteroatoms. The van der Waals surface area contributed by atoms with E-state index in [-0.39, 0.29) is 18.2 Å². The average molecular weight is 389 g/mol. The number of methoxy groups -OCH3 is 1. The Bertz CT molecular complexity index is 760. The number of nitrogens with zero attached hydrogens (tertiary/aromatic N) is 1. The van der Waals surface area contributed by atoms with Crippen molar-refractivity contribution in [3.05, 3.63) is 64.7 Å². The van der Waals surface area contributed by atoms with Gasteiger partial charge in [0, 0.05) is 18.6 Å². The monoisotopic (exact) mass is 388 g/mol. The molecule has 0 fully saturated rings. The smallest absolute Gasteiger partial charge is 0.242 e. The molecule has 2 amide bonds. The SMILES string of the molecule is CC[C@@H](C(=O)NC)N(Cc1ccc(OC)cc1)C(=O)Cc1ccc(Cl)cc1. The van der Waals surface area contributed by atoms with Crippen LogP contribution in [0.2, 0.25) is 5.02 Å². The number of hydrogen-bond acceptors (Lipinski definition) is 3. The first-order chi connectivity index (χ1) is 13.0. The first-order valence-electron chi connectivity index (χ1n) is 8.87. The van der Waals surface area contributed by atoms with Gasteiger partial charge in [0.2, 0.25) is 11.8 Å². The van der Waals surface area contributed by atoms with Crippen LogP contribution in [0, 0.1) is 0 Å². The number of amides is 2. The Labute approximate surface area is 165 Å². The predicted molar refractivity (Wildman–Crippen MR) is 107 cm³/mol. The van der Waals surface area contributed by atoms with Gasteiger partial charge in [-0.3, -0.25) is 9.59 Å². The van der Waals surface area contributed by atoms with E-state index in [2.05, 4.69) is 5.32 Å². The van der Waals surface area contributed by atoms with Gasteiger partial charge in [-0.15, -0.1) is 0 Å². The highest BCUT2D eigenvalue weighted by atomic mass is 35.5.